The summed E-state index contributed by atoms with van der Waals surface area (Å²) in [6.45, 7) is 14.3. The topological polar surface area (TPSA) is 62.2 Å². The predicted octanol–water partition coefficient (Wildman–Crippen LogP) is 6.15. The molecule has 38 heavy (non-hydrogen) atoms. The third-order valence-corrected chi connectivity index (χ3v) is 7.85. The fourth-order valence-corrected chi connectivity index (χ4v) is 5.23. The van der Waals surface area contributed by atoms with Gasteiger partial charge >= 0.3 is 0 Å². The molecule has 2 heterocycles. The molecular weight excluding hydrogens is 476 g/mol. The lowest BCUT2D eigenvalue weighted by molar-refractivity contribution is -0.0203. The summed E-state index contributed by atoms with van der Waals surface area (Å²) in [5, 5.41) is 11.3. The van der Waals surface area contributed by atoms with Gasteiger partial charge in [-0.25, -0.2) is 0 Å². The van der Waals surface area contributed by atoms with E-state index in [4.69, 9.17) is 9.47 Å². The van der Waals surface area contributed by atoms with Gasteiger partial charge in [-0.05, 0) is 68.0 Å². The molecule has 0 unspecified atom stereocenters. The number of nitrogens with zero attached hydrogens (tertiary/aromatic N) is 2. The average Bonchev–Trinajstić information content (AvgIpc) is 3.34. The van der Waals surface area contributed by atoms with Crippen LogP contribution in [0.4, 0.5) is 0 Å². The van der Waals surface area contributed by atoms with Gasteiger partial charge in [0, 0.05) is 37.8 Å². The van der Waals surface area contributed by atoms with E-state index in [-0.39, 0.29) is 5.91 Å². The number of fused-ring (bicyclic) bond motifs is 1. The van der Waals surface area contributed by atoms with Gasteiger partial charge in [0.15, 0.2) is 0 Å². The maximum Gasteiger partial charge on any atom is 0.258 e. The predicted molar refractivity (Wildman–Crippen MR) is 153 cm³/mol. The minimum absolute atomic E-state index is 0.0603. The molecule has 4 rings (SSSR count). The van der Waals surface area contributed by atoms with Gasteiger partial charge < -0.3 is 24.4 Å². The van der Waals surface area contributed by atoms with Crippen molar-refractivity contribution in [2.45, 2.75) is 78.0 Å². The molecule has 2 aliphatic rings. The zero-order chi connectivity index (χ0) is 27.3. The molecule has 206 valence electrons. The van der Waals surface area contributed by atoms with Gasteiger partial charge in [0.25, 0.3) is 5.91 Å². The van der Waals surface area contributed by atoms with E-state index in [0.29, 0.717) is 37.6 Å². The zero-order valence-electron chi connectivity index (χ0n) is 23.6. The van der Waals surface area contributed by atoms with Crippen LogP contribution in [0.5, 0.6) is 11.5 Å². The van der Waals surface area contributed by atoms with E-state index < -0.39 is 5.60 Å². The van der Waals surface area contributed by atoms with Gasteiger partial charge in [-0.15, -0.1) is 0 Å². The summed E-state index contributed by atoms with van der Waals surface area (Å²) in [5.41, 5.74) is 4.64. The van der Waals surface area contributed by atoms with Gasteiger partial charge in [-0.2, -0.15) is 0 Å². The van der Waals surface area contributed by atoms with E-state index in [9.17, 15) is 9.90 Å². The summed E-state index contributed by atoms with van der Waals surface area (Å²) in [6, 6.07) is 9.99. The third-order valence-electron chi connectivity index (χ3n) is 7.85. The molecular formula is C32H44N2O4. The lowest BCUT2D eigenvalue weighted by Gasteiger charge is -2.37. The van der Waals surface area contributed by atoms with Crippen LogP contribution < -0.4 is 9.47 Å². The number of unbranched alkanes of at least 4 members (excludes halogenated alkanes) is 2. The zero-order valence-corrected chi connectivity index (χ0v) is 23.6. The smallest absolute Gasteiger partial charge is 0.258 e. The number of rotatable bonds is 11. The molecule has 1 saturated heterocycles. The van der Waals surface area contributed by atoms with E-state index in [1.54, 1.807) is 0 Å². The maximum atomic E-state index is 13.9. The summed E-state index contributed by atoms with van der Waals surface area (Å²) in [6.07, 6.45) is 5.38. The highest BCUT2D eigenvalue weighted by Gasteiger charge is 2.35. The van der Waals surface area contributed by atoms with E-state index in [1.807, 2.05) is 30.0 Å². The van der Waals surface area contributed by atoms with Crippen molar-refractivity contribution in [1.29, 1.82) is 0 Å². The standard InChI is InChI=1S/C32H44N2O4/c1-6-8-16-37-29-20-30(38-17-9-7-2)28(19-27(29)23(3)4)31(35)34-21-24-10-11-26(18-25(24)22-34)32(36)12-14-33(5)15-13-32/h10-11,18-20,36H,3,6-9,12-17,21-22H2,1-2,4-5H3. The molecule has 0 atom stereocenters. The number of hydrogen-bond acceptors (Lipinski definition) is 5. The fraction of sp³-hybridized carbons (Fsp3) is 0.531. The monoisotopic (exact) mass is 520 g/mol. The first-order chi connectivity index (χ1) is 18.3. The highest BCUT2D eigenvalue weighted by molar-refractivity contribution is 5.98. The number of likely N-dealkylation sites (tertiary alicyclic amines) is 1. The lowest BCUT2D eigenvalue weighted by atomic mass is 9.83. The quantitative estimate of drug-likeness (QED) is 0.360. The van der Waals surface area contributed by atoms with E-state index in [0.717, 1.165) is 85.2 Å². The average molecular weight is 521 g/mol. The van der Waals surface area contributed by atoms with Gasteiger partial charge in [-0.3, -0.25) is 4.79 Å². The van der Waals surface area contributed by atoms with Crippen LogP contribution in [-0.2, 0) is 18.7 Å². The molecule has 0 spiro atoms. The van der Waals surface area contributed by atoms with Crippen LogP contribution in [0.15, 0.2) is 36.9 Å². The van der Waals surface area contributed by atoms with Crippen molar-refractivity contribution in [3.05, 3.63) is 64.7 Å². The van der Waals surface area contributed by atoms with Gasteiger partial charge in [0.05, 0.1) is 24.4 Å². The Bertz CT molecular complexity index is 1150. The van der Waals surface area contributed by atoms with Crippen LogP contribution in [0.3, 0.4) is 0 Å². The molecule has 6 nitrogen and oxygen atoms in total. The Kier molecular flexibility index (Phi) is 9.16. The molecule has 1 N–H and O–H groups in total. The van der Waals surface area contributed by atoms with Gasteiger partial charge in [-0.1, -0.05) is 51.5 Å². The number of carbonyl (C=O) groups excluding carboxylic acids is 1. The van der Waals surface area contributed by atoms with Crippen molar-refractivity contribution in [2.24, 2.45) is 0 Å². The number of amides is 1. The highest BCUT2D eigenvalue weighted by Crippen LogP contribution is 2.38. The van der Waals surface area contributed by atoms with Crippen LogP contribution in [0.25, 0.3) is 5.57 Å². The van der Waals surface area contributed by atoms with Crippen molar-refractivity contribution < 1.29 is 19.4 Å². The highest BCUT2D eigenvalue weighted by atomic mass is 16.5. The van der Waals surface area contributed by atoms with E-state index in [1.165, 1.54) is 0 Å². The summed E-state index contributed by atoms with van der Waals surface area (Å²) in [7, 11) is 2.09. The van der Waals surface area contributed by atoms with Crippen molar-refractivity contribution in [1.82, 2.24) is 9.80 Å². The van der Waals surface area contributed by atoms with Crippen LogP contribution in [-0.4, -0.2) is 54.2 Å². The number of benzene rings is 2. The Morgan fingerprint density at radius 2 is 1.55 bits per heavy atom. The maximum absolute atomic E-state index is 13.9. The molecule has 1 amide bonds. The molecule has 0 saturated carbocycles. The van der Waals surface area contributed by atoms with E-state index >= 15 is 0 Å². The molecule has 2 aliphatic heterocycles. The van der Waals surface area contributed by atoms with Crippen molar-refractivity contribution in [3.63, 3.8) is 0 Å². The van der Waals surface area contributed by atoms with Gasteiger partial charge in [0.1, 0.15) is 11.5 Å². The van der Waals surface area contributed by atoms with Crippen molar-refractivity contribution in [2.75, 3.05) is 33.4 Å². The van der Waals surface area contributed by atoms with E-state index in [2.05, 4.69) is 44.5 Å². The fourth-order valence-electron chi connectivity index (χ4n) is 5.23. The molecule has 0 bridgehead atoms. The van der Waals surface area contributed by atoms with Crippen LogP contribution >= 0.6 is 0 Å². The third kappa shape index (κ3) is 6.24. The number of aliphatic hydroxyl groups is 1. The van der Waals surface area contributed by atoms with Crippen LogP contribution in [0.1, 0.15) is 91.9 Å². The molecule has 2 aromatic rings. The summed E-state index contributed by atoms with van der Waals surface area (Å²) in [4.78, 5) is 18.0. The number of piperidine rings is 1. The SMILES string of the molecule is C=C(C)c1cc(C(=O)N2Cc3ccc(C4(O)CCN(C)CC4)cc3C2)c(OCCCC)cc1OCCCC. The number of hydrogen-bond donors (Lipinski definition) is 1. The summed E-state index contributed by atoms with van der Waals surface area (Å²) >= 11 is 0. The Labute approximate surface area is 228 Å². The summed E-state index contributed by atoms with van der Waals surface area (Å²) < 4.78 is 12.2. The minimum Gasteiger partial charge on any atom is -0.493 e. The number of allylic oxidation sites excluding steroid dienone is 1. The Morgan fingerprint density at radius 1 is 0.947 bits per heavy atom. The Hall–Kier alpha value is -2.83. The number of ether oxygens (including phenoxy) is 2. The minimum atomic E-state index is -0.802. The first-order valence-corrected chi connectivity index (χ1v) is 14.2. The second kappa shape index (κ2) is 12.4. The van der Waals surface area contributed by atoms with Gasteiger partial charge in [0.2, 0.25) is 0 Å². The first kappa shape index (κ1) is 28.2. The second-order valence-corrected chi connectivity index (χ2v) is 11.0. The lowest BCUT2D eigenvalue weighted by Crippen LogP contribution is -2.40. The normalized spacial score (nSPS) is 16.8. The van der Waals surface area contributed by atoms with Crippen LogP contribution in [0, 0.1) is 0 Å². The molecule has 0 aliphatic carbocycles. The largest absolute Gasteiger partial charge is 0.493 e. The molecule has 2 aromatic carbocycles. The van der Waals surface area contributed by atoms with Crippen LogP contribution in [0.2, 0.25) is 0 Å². The molecule has 1 fully saturated rings. The second-order valence-electron chi connectivity index (χ2n) is 11.0. The molecule has 6 heteroatoms. The summed E-state index contributed by atoms with van der Waals surface area (Å²) in [5.74, 6) is 1.22. The van der Waals surface area contributed by atoms with Crippen molar-refractivity contribution in [3.8, 4) is 11.5 Å². The Morgan fingerprint density at radius 3 is 2.16 bits per heavy atom. The molecule has 0 aromatic heterocycles. The first-order valence-electron chi connectivity index (χ1n) is 14.2. The Balaban J connectivity index is 1.59. The van der Waals surface area contributed by atoms with Crippen molar-refractivity contribution >= 4 is 11.5 Å². The molecule has 0 radical (unpaired) electrons. The number of carbonyl (C=O) groups is 1.